The van der Waals surface area contributed by atoms with Crippen molar-refractivity contribution >= 4 is 11.6 Å². The summed E-state index contributed by atoms with van der Waals surface area (Å²) in [5, 5.41) is 10.9. The van der Waals surface area contributed by atoms with Gasteiger partial charge in [-0.05, 0) is 37.5 Å². The van der Waals surface area contributed by atoms with Crippen LogP contribution >= 0.6 is 11.6 Å². The smallest absolute Gasteiger partial charge is 0.0659 e. The molecular weight excluding hydrogens is 208 g/mol. The summed E-state index contributed by atoms with van der Waals surface area (Å²) in [5.74, 6) is 0. The van der Waals surface area contributed by atoms with Gasteiger partial charge >= 0.3 is 0 Å². The molecule has 1 nitrogen and oxygen atoms in total. The topological polar surface area (TPSA) is 20.2 Å². The molecule has 0 saturated carbocycles. The van der Waals surface area contributed by atoms with Crippen molar-refractivity contribution in [3.63, 3.8) is 0 Å². The van der Waals surface area contributed by atoms with Crippen LogP contribution < -0.4 is 0 Å². The third-order valence-electron chi connectivity index (χ3n) is 2.60. The van der Waals surface area contributed by atoms with Gasteiger partial charge in [-0.15, -0.1) is 0 Å². The third kappa shape index (κ3) is 3.84. The number of hydrogen-bond acceptors (Lipinski definition) is 1. The van der Waals surface area contributed by atoms with Crippen molar-refractivity contribution in [2.24, 2.45) is 0 Å². The molecule has 0 spiro atoms. The van der Waals surface area contributed by atoms with Crippen LogP contribution in [0.1, 0.15) is 37.8 Å². The number of aliphatic hydroxyl groups is 1. The third-order valence-corrected chi connectivity index (χ3v) is 3.02. The number of aryl methyl sites for hydroxylation is 1. The summed E-state index contributed by atoms with van der Waals surface area (Å²) in [6.45, 7) is 5.96. The number of hydrogen-bond donors (Lipinski definition) is 1. The van der Waals surface area contributed by atoms with Crippen LogP contribution in [0, 0.1) is 6.92 Å². The monoisotopic (exact) mass is 226 g/mol. The van der Waals surface area contributed by atoms with E-state index in [1.54, 1.807) is 0 Å². The summed E-state index contributed by atoms with van der Waals surface area (Å²) < 4.78 is 0. The minimum absolute atomic E-state index is 0.602. The van der Waals surface area contributed by atoms with Crippen molar-refractivity contribution in [3.05, 3.63) is 34.3 Å². The molecule has 0 radical (unpaired) electrons. The van der Waals surface area contributed by atoms with E-state index in [4.69, 9.17) is 11.6 Å². The van der Waals surface area contributed by atoms with Crippen molar-refractivity contribution < 1.29 is 5.11 Å². The summed E-state index contributed by atoms with van der Waals surface area (Å²) in [4.78, 5) is 0. The van der Waals surface area contributed by atoms with Crippen LogP contribution in [0.15, 0.2) is 18.2 Å². The molecule has 0 heterocycles. The normalized spacial score (nSPS) is 15.0. The first-order valence-corrected chi connectivity index (χ1v) is 5.80. The van der Waals surface area contributed by atoms with E-state index in [-0.39, 0.29) is 0 Å². The SMILES string of the molecule is CCCC(C)(O)Cc1ccc(Cl)c(C)c1. The molecule has 0 aromatic heterocycles. The maximum atomic E-state index is 10.1. The minimum atomic E-state index is -0.602. The molecule has 1 N–H and O–H groups in total. The Bertz CT molecular complexity index is 331. The maximum Gasteiger partial charge on any atom is 0.0659 e. The lowest BCUT2D eigenvalue weighted by Crippen LogP contribution is -2.26. The Labute approximate surface area is 97.1 Å². The summed E-state index contributed by atoms with van der Waals surface area (Å²) in [6, 6.07) is 5.93. The lowest BCUT2D eigenvalue weighted by Gasteiger charge is -2.22. The summed E-state index contributed by atoms with van der Waals surface area (Å²) in [7, 11) is 0. The first-order valence-electron chi connectivity index (χ1n) is 5.42. The van der Waals surface area contributed by atoms with Gasteiger partial charge in [-0.25, -0.2) is 0 Å². The zero-order chi connectivity index (χ0) is 11.5. The van der Waals surface area contributed by atoms with Gasteiger partial charge in [0.25, 0.3) is 0 Å². The fourth-order valence-corrected chi connectivity index (χ4v) is 2.00. The molecular formula is C13H19ClO. The number of benzene rings is 1. The minimum Gasteiger partial charge on any atom is -0.390 e. The molecule has 0 aliphatic heterocycles. The van der Waals surface area contributed by atoms with Gasteiger partial charge in [0.1, 0.15) is 0 Å². The van der Waals surface area contributed by atoms with E-state index in [9.17, 15) is 5.11 Å². The molecule has 0 bridgehead atoms. The molecule has 1 aromatic carbocycles. The van der Waals surface area contributed by atoms with E-state index in [1.807, 2.05) is 32.0 Å². The van der Waals surface area contributed by atoms with Crippen molar-refractivity contribution in [1.29, 1.82) is 0 Å². The van der Waals surface area contributed by atoms with Gasteiger partial charge in [-0.3, -0.25) is 0 Å². The highest BCUT2D eigenvalue weighted by Crippen LogP contribution is 2.22. The Kier molecular flexibility index (Phi) is 4.18. The summed E-state index contributed by atoms with van der Waals surface area (Å²) >= 11 is 5.95. The molecule has 1 atom stereocenters. The van der Waals surface area contributed by atoms with E-state index in [2.05, 4.69) is 6.92 Å². The van der Waals surface area contributed by atoms with Gasteiger partial charge in [0.2, 0.25) is 0 Å². The lowest BCUT2D eigenvalue weighted by molar-refractivity contribution is 0.0505. The number of rotatable bonds is 4. The highest BCUT2D eigenvalue weighted by molar-refractivity contribution is 6.31. The molecule has 0 fully saturated rings. The molecule has 0 aliphatic carbocycles. The zero-order valence-corrected chi connectivity index (χ0v) is 10.4. The second-order valence-corrected chi connectivity index (χ2v) is 4.91. The van der Waals surface area contributed by atoms with Gasteiger partial charge < -0.3 is 5.11 Å². The van der Waals surface area contributed by atoms with Gasteiger partial charge in [0.05, 0.1) is 5.60 Å². The van der Waals surface area contributed by atoms with Crippen LogP contribution in [-0.2, 0) is 6.42 Å². The van der Waals surface area contributed by atoms with Gasteiger partial charge in [-0.1, -0.05) is 37.1 Å². The molecule has 0 amide bonds. The van der Waals surface area contributed by atoms with E-state index in [1.165, 1.54) is 0 Å². The van der Waals surface area contributed by atoms with Crippen LogP contribution in [-0.4, -0.2) is 10.7 Å². The predicted molar refractivity (Wildman–Crippen MR) is 65.4 cm³/mol. The maximum absolute atomic E-state index is 10.1. The van der Waals surface area contributed by atoms with Crippen molar-refractivity contribution in [2.75, 3.05) is 0 Å². The van der Waals surface area contributed by atoms with E-state index in [0.717, 1.165) is 29.0 Å². The lowest BCUT2D eigenvalue weighted by atomic mass is 9.92. The first-order chi connectivity index (χ1) is 6.94. The van der Waals surface area contributed by atoms with Gasteiger partial charge in [0.15, 0.2) is 0 Å². The fourth-order valence-electron chi connectivity index (χ4n) is 1.88. The Hall–Kier alpha value is -0.530. The molecule has 1 rings (SSSR count). The first kappa shape index (κ1) is 12.5. The average molecular weight is 227 g/mol. The van der Waals surface area contributed by atoms with Crippen LogP contribution in [0.4, 0.5) is 0 Å². The molecule has 2 heteroatoms. The quantitative estimate of drug-likeness (QED) is 0.829. The Morgan fingerprint density at radius 3 is 2.60 bits per heavy atom. The standard InChI is InChI=1S/C13H19ClO/c1-4-7-13(3,15)9-11-5-6-12(14)10(2)8-11/h5-6,8,15H,4,7,9H2,1-3H3. The fraction of sp³-hybridized carbons (Fsp3) is 0.538. The van der Waals surface area contributed by atoms with Crippen molar-refractivity contribution in [1.82, 2.24) is 0 Å². The highest BCUT2D eigenvalue weighted by atomic mass is 35.5. The molecule has 0 aliphatic rings. The zero-order valence-electron chi connectivity index (χ0n) is 9.68. The number of halogens is 1. The van der Waals surface area contributed by atoms with Crippen molar-refractivity contribution in [3.8, 4) is 0 Å². The van der Waals surface area contributed by atoms with E-state index in [0.29, 0.717) is 6.42 Å². The van der Waals surface area contributed by atoms with E-state index >= 15 is 0 Å². The van der Waals surface area contributed by atoms with Crippen molar-refractivity contribution in [2.45, 2.75) is 45.6 Å². The Morgan fingerprint density at radius 2 is 2.07 bits per heavy atom. The summed E-state index contributed by atoms with van der Waals surface area (Å²) in [5.41, 5.74) is 1.62. The molecule has 84 valence electrons. The highest BCUT2D eigenvalue weighted by Gasteiger charge is 2.19. The molecule has 1 aromatic rings. The molecule has 15 heavy (non-hydrogen) atoms. The largest absolute Gasteiger partial charge is 0.390 e. The molecule has 1 unspecified atom stereocenters. The second-order valence-electron chi connectivity index (χ2n) is 4.51. The summed E-state index contributed by atoms with van der Waals surface area (Å²) in [6.07, 6.45) is 2.52. The Morgan fingerprint density at radius 1 is 1.40 bits per heavy atom. The second kappa shape index (κ2) is 5.00. The average Bonchev–Trinajstić information content (AvgIpc) is 2.10. The van der Waals surface area contributed by atoms with Crippen LogP contribution in [0.2, 0.25) is 5.02 Å². The van der Waals surface area contributed by atoms with Crippen LogP contribution in [0.5, 0.6) is 0 Å². The molecule has 0 saturated heterocycles. The predicted octanol–water partition coefficient (Wildman–Crippen LogP) is 3.74. The van der Waals surface area contributed by atoms with E-state index < -0.39 is 5.60 Å². The Balaban J connectivity index is 2.76. The van der Waals surface area contributed by atoms with Crippen LogP contribution in [0.25, 0.3) is 0 Å². The van der Waals surface area contributed by atoms with Gasteiger partial charge in [0, 0.05) is 11.4 Å². The van der Waals surface area contributed by atoms with Crippen LogP contribution in [0.3, 0.4) is 0 Å². The van der Waals surface area contributed by atoms with Gasteiger partial charge in [-0.2, -0.15) is 0 Å².